The number of sulfonamides is 1. The maximum Gasteiger partial charge on any atom is 0.240 e. The van der Waals surface area contributed by atoms with Crippen molar-refractivity contribution in [3.8, 4) is 6.07 Å². The smallest absolute Gasteiger partial charge is 0.208 e. The summed E-state index contributed by atoms with van der Waals surface area (Å²) >= 11 is 0. The van der Waals surface area contributed by atoms with Gasteiger partial charge in [-0.1, -0.05) is 32.8 Å². The summed E-state index contributed by atoms with van der Waals surface area (Å²) in [5, 5.41) is 8.81. The molecule has 0 fully saturated rings. The van der Waals surface area contributed by atoms with E-state index in [-0.39, 0.29) is 10.9 Å². The first kappa shape index (κ1) is 16.7. The Hall–Kier alpha value is -1.38. The van der Waals surface area contributed by atoms with Gasteiger partial charge in [0.05, 0.1) is 16.5 Å². The lowest BCUT2D eigenvalue weighted by atomic mass is 10.0. The zero-order valence-electron chi connectivity index (χ0n) is 12.3. The van der Waals surface area contributed by atoms with Gasteiger partial charge in [-0.15, -0.1) is 0 Å². The number of hydrogen-bond donors (Lipinski definition) is 1. The fourth-order valence-corrected chi connectivity index (χ4v) is 3.28. The van der Waals surface area contributed by atoms with Gasteiger partial charge >= 0.3 is 0 Å². The van der Waals surface area contributed by atoms with E-state index in [0.717, 1.165) is 19.3 Å². The molecule has 5 heteroatoms. The quantitative estimate of drug-likeness (QED) is 0.840. The first-order chi connectivity index (χ1) is 9.35. The molecule has 0 bridgehead atoms. The van der Waals surface area contributed by atoms with Gasteiger partial charge in [-0.25, -0.2) is 13.1 Å². The first-order valence-corrected chi connectivity index (χ1v) is 8.36. The number of nitriles is 1. The molecule has 20 heavy (non-hydrogen) atoms. The Morgan fingerprint density at radius 1 is 1.25 bits per heavy atom. The standard InChI is InChI=1S/C15H22N2O2S/c1-12(2)6-4-7-13(3)17-20(18,19)15-9-5-8-14(10-15)11-16/h5,8-10,12-13,17H,4,6-7H2,1-3H3/t13-/m1/s1. The van der Waals surface area contributed by atoms with Crippen LogP contribution in [0.2, 0.25) is 0 Å². The molecule has 1 aromatic rings. The number of nitrogens with zero attached hydrogens (tertiary/aromatic N) is 1. The van der Waals surface area contributed by atoms with Crippen molar-refractivity contribution >= 4 is 10.0 Å². The average molecular weight is 294 g/mol. The van der Waals surface area contributed by atoms with Crippen LogP contribution in [0.1, 0.15) is 45.6 Å². The number of nitrogens with one attached hydrogen (secondary N) is 1. The number of rotatable bonds is 7. The average Bonchev–Trinajstić information content (AvgIpc) is 2.37. The lowest BCUT2D eigenvalue weighted by Crippen LogP contribution is -2.32. The summed E-state index contributed by atoms with van der Waals surface area (Å²) in [5.74, 6) is 0.631. The molecule has 0 saturated carbocycles. The van der Waals surface area contributed by atoms with Crippen molar-refractivity contribution in [2.45, 2.75) is 51.0 Å². The van der Waals surface area contributed by atoms with E-state index in [2.05, 4.69) is 18.6 Å². The van der Waals surface area contributed by atoms with Gasteiger partial charge in [-0.05, 0) is 37.5 Å². The third kappa shape index (κ3) is 5.32. The van der Waals surface area contributed by atoms with Crippen LogP contribution in [0.15, 0.2) is 29.2 Å². The Morgan fingerprint density at radius 3 is 2.55 bits per heavy atom. The topological polar surface area (TPSA) is 70.0 Å². The normalized spacial score (nSPS) is 13.2. The molecule has 1 N–H and O–H groups in total. The van der Waals surface area contributed by atoms with Crippen LogP contribution in [0, 0.1) is 17.2 Å². The molecule has 0 aliphatic heterocycles. The monoisotopic (exact) mass is 294 g/mol. The third-order valence-corrected chi connectivity index (χ3v) is 4.64. The van der Waals surface area contributed by atoms with Crippen molar-refractivity contribution in [2.75, 3.05) is 0 Å². The minimum atomic E-state index is -3.54. The lowest BCUT2D eigenvalue weighted by Gasteiger charge is -2.15. The summed E-state index contributed by atoms with van der Waals surface area (Å²) in [5.41, 5.74) is 0.348. The van der Waals surface area contributed by atoms with Gasteiger partial charge in [0.25, 0.3) is 0 Å². The maximum absolute atomic E-state index is 12.2. The van der Waals surface area contributed by atoms with Crippen LogP contribution in [-0.2, 0) is 10.0 Å². The molecule has 0 unspecified atom stereocenters. The van der Waals surface area contributed by atoms with Gasteiger partial charge in [0.1, 0.15) is 0 Å². The lowest BCUT2D eigenvalue weighted by molar-refractivity contribution is 0.488. The second kappa shape index (κ2) is 7.41. The molecule has 1 aromatic carbocycles. The van der Waals surface area contributed by atoms with Crippen molar-refractivity contribution in [1.29, 1.82) is 5.26 Å². The summed E-state index contributed by atoms with van der Waals surface area (Å²) in [4.78, 5) is 0.146. The molecule has 1 atom stereocenters. The molecule has 0 spiro atoms. The summed E-state index contributed by atoms with van der Waals surface area (Å²) in [6, 6.07) is 7.90. The van der Waals surface area contributed by atoms with Gasteiger partial charge in [-0.3, -0.25) is 0 Å². The van der Waals surface area contributed by atoms with Crippen LogP contribution >= 0.6 is 0 Å². The molecule has 0 radical (unpaired) electrons. The molecule has 1 rings (SSSR count). The summed E-state index contributed by atoms with van der Waals surface area (Å²) < 4.78 is 27.0. The highest BCUT2D eigenvalue weighted by molar-refractivity contribution is 7.89. The van der Waals surface area contributed by atoms with E-state index >= 15 is 0 Å². The predicted octanol–water partition coefficient (Wildman–Crippen LogP) is 3.05. The highest BCUT2D eigenvalue weighted by Crippen LogP contribution is 2.13. The molecular formula is C15H22N2O2S. The van der Waals surface area contributed by atoms with Crippen molar-refractivity contribution in [3.05, 3.63) is 29.8 Å². The molecule has 0 saturated heterocycles. The van der Waals surface area contributed by atoms with Crippen LogP contribution in [0.5, 0.6) is 0 Å². The van der Waals surface area contributed by atoms with Gasteiger partial charge in [0, 0.05) is 6.04 Å². The molecule has 0 heterocycles. The molecular weight excluding hydrogens is 272 g/mol. The molecule has 0 amide bonds. The van der Waals surface area contributed by atoms with Crippen molar-refractivity contribution in [3.63, 3.8) is 0 Å². The summed E-state index contributed by atoms with van der Waals surface area (Å²) in [6.07, 6.45) is 2.91. The minimum absolute atomic E-state index is 0.107. The Bertz CT molecular complexity index is 574. The van der Waals surface area contributed by atoms with Crippen LogP contribution < -0.4 is 4.72 Å². The fourth-order valence-electron chi connectivity index (χ4n) is 1.96. The van der Waals surface area contributed by atoms with E-state index in [1.165, 1.54) is 12.1 Å². The largest absolute Gasteiger partial charge is 0.240 e. The Balaban J connectivity index is 2.67. The highest BCUT2D eigenvalue weighted by atomic mass is 32.2. The van der Waals surface area contributed by atoms with E-state index in [1.807, 2.05) is 13.0 Å². The molecule has 0 aliphatic carbocycles. The van der Waals surface area contributed by atoms with Crippen molar-refractivity contribution in [1.82, 2.24) is 4.72 Å². The Morgan fingerprint density at radius 2 is 1.95 bits per heavy atom. The van der Waals surface area contributed by atoms with Gasteiger partial charge in [-0.2, -0.15) is 5.26 Å². The number of benzene rings is 1. The maximum atomic E-state index is 12.2. The van der Waals surface area contributed by atoms with E-state index in [9.17, 15) is 8.42 Å². The number of hydrogen-bond acceptors (Lipinski definition) is 3. The first-order valence-electron chi connectivity index (χ1n) is 6.87. The highest BCUT2D eigenvalue weighted by Gasteiger charge is 2.17. The second-order valence-electron chi connectivity index (χ2n) is 5.49. The predicted molar refractivity (Wildman–Crippen MR) is 79.6 cm³/mol. The van der Waals surface area contributed by atoms with E-state index in [0.29, 0.717) is 11.5 Å². The van der Waals surface area contributed by atoms with E-state index in [1.54, 1.807) is 12.1 Å². The van der Waals surface area contributed by atoms with Crippen molar-refractivity contribution < 1.29 is 8.42 Å². The van der Waals surface area contributed by atoms with Crippen LogP contribution in [0.3, 0.4) is 0 Å². The van der Waals surface area contributed by atoms with Crippen LogP contribution in [0.25, 0.3) is 0 Å². The van der Waals surface area contributed by atoms with E-state index in [4.69, 9.17) is 5.26 Å². The van der Waals surface area contributed by atoms with Crippen LogP contribution in [-0.4, -0.2) is 14.5 Å². The summed E-state index contributed by atoms with van der Waals surface area (Å²) in [7, 11) is -3.54. The molecule has 0 aromatic heterocycles. The molecule has 0 aliphatic rings. The Kier molecular flexibility index (Phi) is 6.18. The van der Waals surface area contributed by atoms with Crippen molar-refractivity contribution in [2.24, 2.45) is 5.92 Å². The summed E-state index contributed by atoms with van der Waals surface area (Å²) in [6.45, 7) is 6.18. The zero-order chi connectivity index (χ0) is 15.2. The SMILES string of the molecule is CC(C)CCC[C@@H](C)NS(=O)(=O)c1cccc(C#N)c1. The van der Waals surface area contributed by atoms with Gasteiger partial charge in [0.2, 0.25) is 10.0 Å². The molecule has 4 nitrogen and oxygen atoms in total. The fraction of sp³-hybridized carbons (Fsp3) is 0.533. The van der Waals surface area contributed by atoms with Gasteiger partial charge < -0.3 is 0 Å². The minimum Gasteiger partial charge on any atom is -0.208 e. The van der Waals surface area contributed by atoms with E-state index < -0.39 is 10.0 Å². The second-order valence-corrected chi connectivity index (χ2v) is 7.20. The third-order valence-electron chi connectivity index (χ3n) is 3.05. The molecule has 110 valence electrons. The van der Waals surface area contributed by atoms with Crippen LogP contribution in [0.4, 0.5) is 0 Å². The zero-order valence-corrected chi connectivity index (χ0v) is 13.1. The Labute approximate surface area is 121 Å². The van der Waals surface area contributed by atoms with Gasteiger partial charge in [0.15, 0.2) is 0 Å².